The zero-order valence-electron chi connectivity index (χ0n) is 11.2. The Labute approximate surface area is 132 Å². The van der Waals surface area contributed by atoms with Crippen molar-refractivity contribution < 1.29 is 4.79 Å². The lowest BCUT2D eigenvalue weighted by Gasteiger charge is -2.18. The van der Waals surface area contributed by atoms with Gasteiger partial charge in [-0.3, -0.25) is 4.79 Å². The second kappa shape index (κ2) is 6.33. The molecule has 3 nitrogen and oxygen atoms in total. The summed E-state index contributed by atoms with van der Waals surface area (Å²) < 4.78 is 0.896. The first-order valence-corrected chi connectivity index (χ1v) is 7.29. The molecule has 2 aromatic carbocycles. The standard InChI is InChI=1S/C15H15BrN2OS/c1-18(2)13-6-4-3-5-12(13)17-15(19)11-8-7-10(16)9-14(11)20/h3-9,20H,1-2H3,(H,17,19). The van der Waals surface area contributed by atoms with E-state index in [4.69, 9.17) is 0 Å². The molecule has 0 saturated heterocycles. The molecule has 0 unspecified atom stereocenters. The van der Waals surface area contributed by atoms with Crippen molar-refractivity contribution in [1.82, 2.24) is 0 Å². The fourth-order valence-corrected chi connectivity index (χ4v) is 2.71. The molecule has 0 aliphatic carbocycles. The van der Waals surface area contributed by atoms with Crippen LogP contribution in [0.25, 0.3) is 0 Å². The third kappa shape index (κ3) is 3.35. The second-order valence-corrected chi connectivity index (χ2v) is 5.92. The summed E-state index contributed by atoms with van der Waals surface area (Å²) in [6, 6.07) is 13.0. The Balaban J connectivity index is 2.28. The number of carbonyl (C=O) groups is 1. The minimum absolute atomic E-state index is 0.170. The Kier molecular flexibility index (Phi) is 4.73. The van der Waals surface area contributed by atoms with Gasteiger partial charge in [0.25, 0.3) is 5.91 Å². The summed E-state index contributed by atoms with van der Waals surface area (Å²) in [6.45, 7) is 0. The summed E-state index contributed by atoms with van der Waals surface area (Å²) in [5, 5.41) is 2.92. The maximum atomic E-state index is 12.3. The fraction of sp³-hybridized carbons (Fsp3) is 0.133. The summed E-state index contributed by atoms with van der Waals surface area (Å²) >= 11 is 7.69. The predicted molar refractivity (Wildman–Crippen MR) is 90.1 cm³/mol. The van der Waals surface area contributed by atoms with Crippen LogP contribution in [0.4, 0.5) is 11.4 Å². The lowest BCUT2D eigenvalue weighted by atomic mass is 10.2. The molecule has 0 fully saturated rings. The van der Waals surface area contributed by atoms with Gasteiger partial charge in [-0.25, -0.2) is 0 Å². The molecule has 0 radical (unpaired) electrons. The zero-order valence-corrected chi connectivity index (χ0v) is 13.7. The van der Waals surface area contributed by atoms with E-state index in [1.54, 1.807) is 12.1 Å². The summed E-state index contributed by atoms with van der Waals surface area (Å²) in [7, 11) is 3.88. The van der Waals surface area contributed by atoms with Crippen LogP contribution in [-0.4, -0.2) is 20.0 Å². The second-order valence-electron chi connectivity index (χ2n) is 4.53. The monoisotopic (exact) mass is 350 g/mol. The van der Waals surface area contributed by atoms with Crippen LogP contribution in [0.5, 0.6) is 0 Å². The Morgan fingerprint density at radius 3 is 2.55 bits per heavy atom. The van der Waals surface area contributed by atoms with Crippen LogP contribution in [0.15, 0.2) is 51.8 Å². The number of carbonyl (C=O) groups excluding carboxylic acids is 1. The molecule has 1 N–H and O–H groups in total. The van der Waals surface area contributed by atoms with Crippen molar-refractivity contribution in [2.45, 2.75) is 4.90 Å². The Hall–Kier alpha value is -1.46. The van der Waals surface area contributed by atoms with Crippen LogP contribution >= 0.6 is 28.6 Å². The average Bonchev–Trinajstić information content (AvgIpc) is 2.38. The van der Waals surface area contributed by atoms with E-state index in [2.05, 4.69) is 33.9 Å². The van der Waals surface area contributed by atoms with Crippen molar-refractivity contribution in [3.63, 3.8) is 0 Å². The van der Waals surface area contributed by atoms with Gasteiger partial charge in [-0.1, -0.05) is 28.1 Å². The molecule has 20 heavy (non-hydrogen) atoms. The molecular formula is C15H15BrN2OS. The van der Waals surface area contributed by atoms with Crippen LogP contribution < -0.4 is 10.2 Å². The highest BCUT2D eigenvalue weighted by Crippen LogP contribution is 2.26. The van der Waals surface area contributed by atoms with E-state index < -0.39 is 0 Å². The number of anilines is 2. The number of nitrogens with zero attached hydrogens (tertiary/aromatic N) is 1. The van der Waals surface area contributed by atoms with Gasteiger partial charge in [0.2, 0.25) is 0 Å². The lowest BCUT2D eigenvalue weighted by Crippen LogP contribution is -2.17. The van der Waals surface area contributed by atoms with Crippen molar-refractivity contribution in [2.75, 3.05) is 24.3 Å². The van der Waals surface area contributed by atoms with Crippen LogP contribution in [0.2, 0.25) is 0 Å². The van der Waals surface area contributed by atoms with Gasteiger partial charge in [0.1, 0.15) is 0 Å². The fourth-order valence-electron chi connectivity index (χ4n) is 1.86. The van der Waals surface area contributed by atoms with E-state index in [-0.39, 0.29) is 5.91 Å². The first kappa shape index (κ1) is 14.9. The SMILES string of the molecule is CN(C)c1ccccc1NC(=O)c1ccc(Br)cc1S. The molecule has 0 aliphatic rings. The smallest absolute Gasteiger partial charge is 0.256 e. The number of nitrogens with one attached hydrogen (secondary N) is 1. The highest BCUT2D eigenvalue weighted by atomic mass is 79.9. The van der Waals surface area contributed by atoms with Crippen molar-refractivity contribution >= 4 is 45.8 Å². The Bertz CT molecular complexity index is 644. The van der Waals surface area contributed by atoms with Crippen LogP contribution in [0.1, 0.15) is 10.4 Å². The molecule has 0 heterocycles. The largest absolute Gasteiger partial charge is 0.376 e. The van der Waals surface area contributed by atoms with Crippen LogP contribution in [0, 0.1) is 0 Å². The lowest BCUT2D eigenvalue weighted by molar-refractivity contribution is 0.102. The van der Waals surface area contributed by atoms with Gasteiger partial charge in [-0.15, -0.1) is 12.6 Å². The number of para-hydroxylation sites is 2. The Morgan fingerprint density at radius 2 is 1.90 bits per heavy atom. The molecule has 2 rings (SSSR count). The number of hydrogen-bond acceptors (Lipinski definition) is 3. The predicted octanol–water partition coefficient (Wildman–Crippen LogP) is 4.06. The van der Waals surface area contributed by atoms with Gasteiger partial charge < -0.3 is 10.2 Å². The molecular weight excluding hydrogens is 336 g/mol. The maximum absolute atomic E-state index is 12.3. The number of amides is 1. The van der Waals surface area contributed by atoms with Crippen molar-refractivity contribution in [1.29, 1.82) is 0 Å². The average molecular weight is 351 g/mol. The summed E-state index contributed by atoms with van der Waals surface area (Å²) in [5.74, 6) is -0.170. The third-order valence-corrected chi connectivity index (χ3v) is 3.70. The topological polar surface area (TPSA) is 32.3 Å². The van der Waals surface area contributed by atoms with E-state index >= 15 is 0 Å². The van der Waals surface area contributed by atoms with E-state index in [1.165, 1.54) is 0 Å². The Morgan fingerprint density at radius 1 is 1.20 bits per heavy atom. The first-order chi connectivity index (χ1) is 9.49. The molecule has 5 heteroatoms. The van der Waals surface area contributed by atoms with E-state index in [0.29, 0.717) is 10.5 Å². The highest BCUT2D eigenvalue weighted by molar-refractivity contribution is 9.10. The number of thiol groups is 1. The minimum Gasteiger partial charge on any atom is -0.376 e. The maximum Gasteiger partial charge on any atom is 0.256 e. The zero-order chi connectivity index (χ0) is 14.7. The molecule has 0 aromatic heterocycles. The van der Waals surface area contributed by atoms with Gasteiger partial charge in [-0.2, -0.15) is 0 Å². The summed E-state index contributed by atoms with van der Waals surface area (Å²) in [4.78, 5) is 14.9. The summed E-state index contributed by atoms with van der Waals surface area (Å²) in [5.41, 5.74) is 2.28. The number of hydrogen-bond donors (Lipinski definition) is 2. The first-order valence-electron chi connectivity index (χ1n) is 6.05. The van der Waals surface area contributed by atoms with E-state index in [1.807, 2.05) is 49.3 Å². The van der Waals surface area contributed by atoms with Gasteiger partial charge in [0, 0.05) is 23.5 Å². The van der Waals surface area contributed by atoms with Crippen LogP contribution in [-0.2, 0) is 0 Å². The normalized spacial score (nSPS) is 10.2. The van der Waals surface area contributed by atoms with Crippen LogP contribution in [0.3, 0.4) is 0 Å². The molecule has 104 valence electrons. The van der Waals surface area contributed by atoms with Gasteiger partial charge in [-0.05, 0) is 30.3 Å². The van der Waals surface area contributed by atoms with E-state index in [0.717, 1.165) is 15.8 Å². The van der Waals surface area contributed by atoms with Gasteiger partial charge in [0.15, 0.2) is 0 Å². The molecule has 0 spiro atoms. The summed E-state index contributed by atoms with van der Waals surface area (Å²) in [6.07, 6.45) is 0. The minimum atomic E-state index is -0.170. The van der Waals surface area contributed by atoms with Crippen molar-refractivity contribution in [2.24, 2.45) is 0 Å². The highest BCUT2D eigenvalue weighted by Gasteiger charge is 2.12. The van der Waals surface area contributed by atoms with Gasteiger partial charge >= 0.3 is 0 Å². The number of rotatable bonds is 3. The third-order valence-electron chi connectivity index (χ3n) is 2.84. The molecule has 0 atom stereocenters. The molecule has 0 bridgehead atoms. The quantitative estimate of drug-likeness (QED) is 0.818. The van der Waals surface area contributed by atoms with Gasteiger partial charge in [0.05, 0.1) is 16.9 Å². The van der Waals surface area contributed by atoms with E-state index in [9.17, 15) is 4.79 Å². The number of benzene rings is 2. The molecule has 2 aromatic rings. The molecule has 0 saturated carbocycles. The number of halogens is 1. The van der Waals surface area contributed by atoms with Crippen molar-refractivity contribution in [3.05, 3.63) is 52.5 Å². The molecule has 1 amide bonds. The van der Waals surface area contributed by atoms with Crippen molar-refractivity contribution in [3.8, 4) is 0 Å². The molecule has 0 aliphatic heterocycles.